The summed E-state index contributed by atoms with van der Waals surface area (Å²) in [6.07, 6.45) is 0. The zero-order valence-electron chi connectivity index (χ0n) is 23.0. The summed E-state index contributed by atoms with van der Waals surface area (Å²) < 4.78 is 0. The van der Waals surface area contributed by atoms with Gasteiger partial charge >= 0.3 is 0 Å². The van der Waals surface area contributed by atoms with E-state index in [2.05, 4.69) is 95.3 Å². The molecule has 0 fully saturated rings. The lowest BCUT2D eigenvalue weighted by Crippen LogP contribution is -1.70. The fourth-order valence-electron chi connectivity index (χ4n) is 1.81. The Kier molecular flexibility index (Phi) is 34.7. The van der Waals surface area contributed by atoms with Gasteiger partial charge in [0.05, 0.1) is 0 Å². The van der Waals surface area contributed by atoms with Crippen molar-refractivity contribution in [1.29, 1.82) is 0 Å². The molecule has 0 saturated heterocycles. The van der Waals surface area contributed by atoms with Crippen LogP contribution in [0.15, 0.2) is 78.9 Å². The highest BCUT2D eigenvalue weighted by Gasteiger charge is 1.80. The van der Waals surface area contributed by atoms with E-state index in [1.807, 2.05) is 73.6 Å². The fraction of sp³-hybridized carbons (Fsp3) is 0.419. The van der Waals surface area contributed by atoms with E-state index >= 15 is 0 Å². The summed E-state index contributed by atoms with van der Waals surface area (Å²) in [7, 11) is 0. The molecule has 0 atom stereocenters. The quantitative estimate of drug-likeness (QED) is 0.336. The Morgan fingerprint density at radius 1 is 0.258 bits per heavy atom. The van der Waals surface area contributed by atoms with Gasteiger partial charge in [0.1, 0.15) is 0 Å². The van der Waals surface area contributed by atoms with Crippen molar-refractivity contribution in [1.82, 2.24) is 0 Å². The fourth-order valence-corrected chi connectivity index (χ4v) is 1.81. The van der Waals surface area contributed by atoms with Gasteiger partial charge in [-0.3, -0.25) is 0 Å². The van der Waals surface area contributed by atoms with Gasteiger partial charge in [0, 0.05) is 0 Å². The van der Waals surface area contributed by atoms with Crippen LogP contribution in [0, 0.1) is 34.6 Å². The highest BCUT2D eigenvalue weighted by Crippen LogP contribution is 2.00. The summed E-state index contributed by atoms with van der Waals surface area (Å²) in [6, 6.07) is 27.2. The van der Waals surface area contributed by atoms with Crippen molar-refractivity contribution < 1.29 is 0 Å². The highest BCUT2D eigenvalue weighted by atomic mass is 13.9. The van der Waals surface area contributed by atoms with E-state index in [0.717, 1.165) is 0 Å². The van der Waals surface area contributed by atoms with Crippen molar-refractivity contribution in [2.75, 3.05) is 0 Å². The highest BCUT2D eigenvalue weighted by molar-refractivity contribution is 5.20. The third kappa shape index (κ3) is 27.7. The van der Waals surface area contributed by atoms with E-state index < -0.39 is 0 Å². The molecule has 3 aromatic rings. The molecule has 0 heterocycles. The van der Waals surface area contributed by atoms with Crippen molar-refractivity contribution in [3.05, 3.63) is 107 Å². The Hall–Kier alpha value is -2.34. The van der Waals surface area contributed by atoms with Gasteiger partial charge in [0.2, 0.25) is 0 Å². The molecular weight excluding hydrogens is 372 g/mol. The molecule has 0 saturated carbocycles. The molecule has 0 radical (unpaired) electrons. The molecule has 0 heteroatoms. The van der Waals surface area contributed by atoms with Gasteiger partial charge in [-0.1, -0.05) is 162 Å². The third-order valence-electron chi connectivity index (χ3n) is 3.38. The maximum absolute atomic E-state index is 2.12. The zero-order chi connectivity index (χ0) is 25.1. The van der Waals surface area contributed by atoms with Crippen LogP contribution in [-0.4, -0.2) is 0 Å². The summed E-state index contributed by atoms with van der Waals surface area (Å²) in [5.74, 6) is 0. The summed E-state index contributed by atoms with van der Waals surface area (Å²) in [5, 5.41) is 0. The van der Waals surface area contributed by atoms with Gasteiger partial charge in [-0.2, -0.15) is 0 Å². The topological polar surface area (TPSA) is 0 Å². The minimum absolute atomic E-state index is 1.32. The monoisotopic (exact) mass is 424 g/mol. The van der Waals surface area contributed by atoms with Crippen LogP contribution in [0.25, 0.3) is 0 Å². The lowest BCUT2D eigenvalue weighted by atomic mass is 10.2. The second kappa shape index (κ2) is 29.9. The average Bonchev–Trinajstić information content (AvgIpc) is 2.84. The SMILES string of the molecule is CC.CC.CC.CC.Cc1ccc(C)cc1.Cc1ccc(C)cc1.Cc1ccccc1. The molecule has 0 bridgehead atoms. The molecule has 0 amide bonds. The van der Waals surface area contributed by atoms with Crippen molar-refractivity contribution in [3.63, 3.8) is 0 Å². The van der Waals surface area contributed by atoms with Gasteiger partial charge in [-0.05, 0) is 34.6 Å². The minimum atomic E-state index is 1.32. The Bertz CT molecular complexity index is 561. The maximum atomic E-state index is 2.12. The van der Waals surface area contributed by atoms with Crippen LogP contribution in [0.3, 0.4) is 0 Å². The lowest BCUT2D eigenvalue weighted by Gasteiger charge is -1.90. The molecule has 3 aromatic carbocycles. The van der Waals surface area contributed by atoms with Gasteiger partial charge in [-0.25, -0.2) is 0 Å². The number of benzene rings is 3. The van der Waals surface area contributed by atoms with E-state index in [-0.39, 0.29) is 0 Å². The van der Waals surface area contributed by atoms with Crippen molar-refractivity contribution >= 4 is 0 Å². The molecule has 0 aromatic heterocycles. The van der Waals surface area contributed by atoms with E-state index in [9.17, 15) is 0 Å². The number of rotatable bonds is 0. The van der Waals surface area contributed by atoms with Gasteiger partial charge in [-0.15, -0.1) is 0 Å². The second-order valence-electron chi connectivity index (χ2n) is 5.96. The first-order chi connectivity index (χ1) is 15.0. The van der Waals surface area contributed by atoms with E-state index in [4.69, 9.17) is 0 Å². The van der Waals surface area contributed by atoms with Crippen LogP contribution in [0.2, 0.25) is 0 Å². The smallest absolute Gasteiger partial charge is 0.0398 e. The van der Waals surface area contributed by atoms with Crippen LogP contribution < -0.4 is 0 Å². The van der Waals surface area contributed by atoms with Crippen LogP contribution >= 0.6 is 0 Å². The first-order valence-electron chi connectivity index (χ1n) is 12.1. The Balaban J connectivity index is -0.000000152. The molecule has 0 N–H and O–H groups in total. The molecule has 0 aliphatic rings. The van der Waals surface area contributed by atoms with E-state index in [1.165, 1.54) is 27.8 Å². The van der Waals surface area contributed by atoms with Crippen molar-refractivity contribution in [2.45, 2.75) is 90.0 Å². The molecule has 0 spiro atoms. The lowest BCUT2D eigenvalue weighted by molar-refractivity contribution is 1.40. The van der Waals surface area contributed by atoms with Gasteiger partial charge < -0.3 is 0 Å². The molecule has 0 aliphatic heterocycles. The van der Waals surface area contributed by atoms with Gasteiger partial charge in [0.25, 0.3) is 0 Å². The van der Waals surface area contributed by atoms with E-state index in [1.54, 1.807) is 0 Å². The summed E-state index contributed by atoms with van der Waals surface area (Å²) in [4.78, 5) is 0. The predicted octanol–water partition coefficient (Wildman–Crippen LogP) is 10.7. The molecule has 0 nitrogen and oxygen atoms in total. The molecule has 0 unspecified atom stereocenters. The third-order valence-corrected chi connectivity index (χ3v) is 3.38. The Morgan fingerprint density at radius 2 is 0.419 bits per heavy atom. The Labute approximate surface area is 196 Å². The maximum Gasteiger partial charge on any atom is -0.0398 e. The summed E-state index contributed by atoms with van der Waals surface area (Å²) in [5.41, 5.74) is 6.64. The molecule has 3 rings (SSSR count). The summed E-state index contributed by atoms with van der Waals surface area (Å²) >= 11 is 0. The molecular formula is C31H52. The molecule has 0 aliphatic carbocycles. The number of aryl methyl sites for hydroxylation is 5. The average molecular weight is 425 g/mol. The van der Waals surface area contributed by atoms with E-state index in [0.29, 0.717) is 0 Å². The molecule has 176 valence electrons. The normalized spacial score (nSPS) is 7.52. The standard InChI is InChI=1S/2C8H10.C7H8.4C2H6/c2*1-7-3-5-8(2)6-4-7;1-7-5-3-2-4-6-7;4*1-2/h2*3-6H,1-2H3;2-6H,1H3;4*1-2H3. The zero-order valence-corrected chi connectivity index (χ0v) is 23.0. The Morgan fingerprint density at radius 3 is 0.548 bits per heavy atom. The van der Waals surface area contributed by atoms with Crippen LogP contribution in [-0.2, 0) is 0 Å². The van der Waals surface area contributed by atoms with Gasteiger partial charge in [0.15, 0.2) is 0 Å². The van der Waals surface area contributed by atoms with Crippen LogP contribution in [0.5, 0.6) is 0 Å². The molecule has 31 heavy (non-hydrogen) atoms. The van der Waals surface area contributed by atoms with Crippen molar-refractivity contribution in [3.8, 4) is 0 Å². The minimum Gasteiger partial charge on any atom is -0.0683 e. The first kappa shape index (κ1) is 36.1. The first-order valence-corrected chi connectivity index (χ1v) is 12.1. The number of hydrogen-bond acceptors (Lipinski definition) is 0. The number of hydrogen-bond donors (Lipinski definition) is 0. The largest absolute Gasteiger partial charge is 0.0683 e. The van der Waals surface area contributed by atoms with Crippen molar-refractivity contribution in [2.24, 2.45) is 0 Å². The predicted molar refractivity (Wildman–Crippen MR) is 148 cm³/mol. The summed E-state index contributed by atoms with van der Waals surface area (Å²) in [6.45, 7) is 26.5. The van der Waals surface area contributed by atoms with Crippen LogP contribution in [0.1, 0.15) is 83.2 Å². The second-order valence-corrected chi connectivity index (χ2v) is 5.96. The van der Waals surface area contributed by atoms with Crippen LogP contribution in [0.4, 0.5) is 0 Å².